The van der Waals surface area contributed by atoms with Crippen LogP contribution in [0.15, 0.2) is 72.8 Å². The lowest BCUT2D eigenvalue weighted by molar-refractivity contribution is 0.0949. The average molecular weight is 403 g/mol. The molecule has 0 bridgehead atoms. The van der Waals surface area contributed by atoms with Gasteiger partial charge in [0.15, 0.2) is 0 Å². The van der Waals surface area contributed by atoms with Gasteiger partial charge < -0.3 is 14.6 Å². The minimum Gasteiger partial charge on any atom is -0.492 e. The molecule has 5 nitrogen and oxygen atoms in total. The summed E-state index contributed by atoms with van der Waals surface area (Å²) in [6.45, 7) is 3.35. The first-order valence-corrected chi connectivity index (χ1v) is 9.77. The van der Waals surface area contributed by atoms with E-state index in [0.29, 0.717) is 18.7 Å². The molecule has 1 N–H and O–H groups in total. The Balaban J connectivity index is 1.48. The number of aryl methyl sites for hydroxylation is 1. The highest BCUT2D eigenvalue weighted by Gasteiger charge is 2.13. The fraction of sp³-hybridized carbons (Fsp3) is 0.167. The summed E-state index contributed by atoms with van der Waals surface area (Å²) in [6, 6.07) is 21.2. The van der Waals surface area contributed by atoms with Crippen molar-refractivity contribution in [2.45, 2.75) is 20.0 Å². The lowest BCUT2D eigenvalue weighted by Crippen LogP contribution is -2.25. The van der Waals surface area contributed by atoms with E-state index in [0.717, 1.165) is 28.2 Å². The van der Waals surface area contributed by atoms with Crippen molar-refractivity contribution >= 4 is 16.9 Å². The third-order valence-corrected chi connectivity index (χ3v) is 4.82. The summed E-state index contributed by atoms with van der Waals surface area (Å²) in [4.78, 5) is 17.1. The van der Waals surface area contributed by atoms with E-state index in [9.17, 15) is 9.18 Å². The van der Waals surface area contributed by atoms with Gasteiger partial charge in [0.05, 0.1) is 24.1 Å². The number of halogens is 1. The largest absolute Gasteiger partial charge is 0.492 e. The number of benzene rings is 3. The fourth-order valence-electron chi connectivity index (χ4n) is 3.33. The molecule has 6 heteroatoms. The summed E-state index contributed by atoms with van der Waals surface area (Å²) in [5.41, 5.74) is 3.39. The van der Waals surface area contributed by atoms with Gasteiger partial charge in [-0.2, -0.15) is 0 Å². The van der Waals surface area contributed by atoms with E-state index in [1.807, 2.05) is 55.5 Å². The molecule has 152 valence electrons. The number of nitrogens with zero attached hydrogens (tertiary/aromatic N) is 2. The first-order valence-electron chi connectivity index (χ1n) is 9.77. The van der Waals surface area contributed by atoms with Crippen LogP contribution in [0, 0.1) is 12.7 Å². The molecule has 0 unspecified atom stereocenters. The fourth-order valence-corrected chi connectivity index (χ4v) is 3.33. The van der Waals surface area contributed by atoms with Gasteiger partial charge in [-0.3, -0.25) is 4.79 Å². The van der Waals surface area contributed by atoms with Crippen LogP contribution in [0.3, 0.4) is 0 Å². The summed E-state index contributed by atoms with van der Waals surface area (Å²) in [7, 11) is 0. The number of aromatic nitrogens is 2. The molecule has 0 aliphatic carbocycles. The maximum absolute atomic E-state index is 13.1. The smallest absolute Gasteiger partial charge is 0.251 e. The molecule has 1 aromatic heterocycles. The number of ether oxygens (including phenoxy) is 1. The topological polar surface area (TPSA) is 56.1 Å². The third-order valence-electron chi connectivity index (χ3n) is 4.82. The maximum Gasteiger partial charge on any atom is 0.251 e. The molecular weight excluding hydrogens is 381 g/mol. The predicted octanol–water partition coefficient (Wildman–Crippen LogP) is 4.49. The Bertz CT molecular complexity index is 1170. The van der Waals surface area contributed by atoms with Gasteiger partial charge in [-0.25, -0.2) is 9.37 Å². The molecule has 4 rings (SSSR count). The van der Waals surface area contributed by atoms with E-state index in [1.54, 1.807) is 0 Å². The lowest BCUT2D eigenvalue weighted by atomic mass is 10.2. The number of para-hydroxylation sites is 2. The number of amides is 1. The predicted molar refractivity (Wildman–Crippen MR) is 114 cm³/mol. The standard InChI is InChI=1S/C24H22FN3O2/c1-17-5-4-6-20(15-17)30-14-13-28-22-8-3-2-7-21(22)27-23(28)16-26-24(29)18-9-11-19(25)12-10-18/h2-12,15H,13-14,16H2,1H3,(H,26,29). The summed E-state index contributed by atoms with van der Waals surface area (Å²) in [6.07, 6.45) is 0. The first kappa shape index (κ1) is 19.6. The van der Waals surface area contributed by atoms with Gasteiger partial charge >= 0.3 is 0 Å². The average Bonchev–Trinajstić information content (AvgIpc) is 3.10. The van der Waals surface area contributed by atoms with Crippen LogP contribution in [-0.2, 0) is 13.1 Å². The number of fused-ring (bicyclic) bond motifs is 1. The molecule has 0 saturated heterocycles. The number of carbonyl (C=O) groups excluding carboxylic acids is 1. The van der Waals surface area contributed by atoms with E-state index in [1.165, 1.54) is 24.3 Å². The quantitative estimate of drug-likeness (QED) is 0.495. The van der Waals surface area contributed by atoms with Gasteiger partial charge in [0.2, 0.25) is 0 Å². The van der Waals surface area contributed by atoms with Gasteiger partial charge in [0.25, 0.3) is 5.91 Å². The maximum atomic E-state index is 13.1. The molecule has 1 heterocycles. The van der Waals surface area contributed by atoms with Crippen LogP contribution >= 0.6 is 0 Å². The number of imidazole rings is 1. The van der Waals surface area contributed by atoms with Crippen LogP contribution in [-0.4, -0.2) is 22.1 Å². The zero-order chi connectivity index (χ0) is 20.9. The number of hydrogen-bond donors (Lipinski definition) is 1. The lowest BCUT2D eigenvalue weighted by Gasteiger charge is -2.12. The van der Waals surface area contributed by atoms with Crippen molar-refractivity contribution in [1.82, 2.24) is 14.9 Å². The van der Waals surface area contributed by atoms with Crippen LogP contribution in [0.1, 0.15) is 21.7 Å². The van der Waals surface area contributed by atoms with Crippen molar-refractivity contribution in [1.29, 1.82) is 0 Å². The highest BCUT2D eigenvalue weighted by Crippen LogP contribution is 2.17. The normalized spacial score (nSPS) is 10.9. The summed E-state index contributed by atoms with van der Waals surface area (Å²) >= 11 is 0. The second-order valence-electron chi connectivity index (χ2n) is 7.02. The molecule has 0 aliphatic rings. The molecule has 3 aromatic carbocycles. The number of nitrogens with one attached hydrogen (secondary N) is 1. The molecule has 0 atom stereocenters. The monoisotopic (exact) mass is 403 g/mol. The summed E-state index contributed by atoms with van der Waals surface area (Å²) in [5, 5.41) is 2.87. The molecule has 30 heavy (non-hydrogen) atoms. The number of carbonyl (C=O) groups is 1. The van der Waals surface area contributed by atoms with Crippen LogP contribution in [0.2, 0.25) is 0 Å². The Labute approximate surface area is 174 Å². The second kappa shape index (κ2) is 8.78. The minimum atomic E-state index is -0.373. The van der Waals surface area contributed by atoms with E-state index in [4.69, 9.17) is 4.74 Å². The summed E-state index contributed by atoms with van der Waals surface area (Å²) in [5.74, 6) is 0.914. The Morgan fingerprint density at radius 3 is 2.67 bits per heavy atom. The molecule has 0 aliphatic heterocycles. The Morgan fingerprint density at radius 2 is 1.87 bits per heavy atom. The Hall–Kier alpha value is -3.67. The second-order valence-corrected chi connectivity index (χ2v) is 7.02. The van der Waals surface area contributed by atoms with Gasteiger partial charge in [-0.15, -0.1) is 0 Å². The van der Waals surface area contributed by atoms with Gasteiger partial charge in [-0.1, -0.05) is 24.3 Å². The van der Waals surface area contributed by atoms with E-state index < -0.39 is 0 Å². The number of rotatable bonds is 7. The molecular formula is C24H22FN3O2. The highest BCUT2D eigenvalue weighted by molar-refractivity contribution is 5.94. The minimum absolute atomic E-state index is 0.259. The number of hydrogen-bond acceptors (Lipinski definition) is 3. The Kier molecular flexibility index (Phi) is 5.75. The zero-order valence-electron chi connectivity index (χ0n) is 16.6. The molecule has 0 fully saturated rings. The van der Waals surface area contributed by atoms with Crippen molar-refractivity contribution < 1.29 is 13.9 Å². The van der Waals surface area contributed by atoms with Crippen LogP contribution in [0.25, 0.3) is 11.0 Å². The van der Waals surface area contributed by atoms with Gasteiger partial charge in [0, 0.05) is 5.56 Å². The molecule has 1 amide bonds. The van der Waals surface area contributed by atoms with Crippen LogP contribution in [0.4, 0.5) is 4.39 Å². The third kappa shape index (κ3) is 4.49. The van der Waals surface area contributed by atoms with Crippen LogP contribution in [0.5, 0.6) is 5.75 Å². The van der Waals surface area contributed by atoms with Crippen molar-refractivity contribution in [3.05, 3.63) is 95.6 Å². The zero-order valence-corrected chi connectivity index (χ0v) is 16.6. The van der Waals surface area contributed by atoms with Crippen molar-refractivity contribution in [2.24, 2.45) is 0 Å². The van der Waals surface area contributed by atoms with Crippen molar-refractivity contribution in [3.63, 3.8) is 0 Å². The SMILES string of the molecule is Cc1cccc(OCCn2c(CNC(=O)c3ccc(F)cc3)nc3ccccc32)c1. The first-order chi connectivity index (χ1) is 14.6. The summed E-state index contributed by atoms with van der Waals surface area (Å²) < 4.78 is 21.0. The molecule has 0 spiro atoms. The van der Waals surface area contributed by atoms with Crippen molar-refractivity contribution in [3.8, 4) is 5.75 Å². The van der Waals surface area contributed by atoms with Crippen LogP contribution < -0.4 is 10.1 Å². The van der Waals surface area contributed by atoms with E-state index in [2.05, 4.69) is 14.9 Å². The van der Waals surface area contributed by atoms with Gasteiger partial charge in [0.1, 0.15) is 24.0 Å². The van der Waals surface area contributed by atoms with E-state index >= 15 is 0 Å². The van der Waals surface area contributed by atoms with Gasteiger partial charge in [-0.05, 0) is 61.0 Å². The molecule has 4 aromatic rings. The molecule has 0 radical (unpaired) electrons. The van der Waals surface area contributed by atoms with Crippen molar-refractivity contribution in [2.75, 3.05) is 6.61 Å². The Morgan fingerprint density at radius 1 is 1.07 bits per heavy atom. The van der Waals surface area contributed by atoms with E-state index in [-0.39, 0.29) is 18.3 Å². The molecule has 0 saturated carbocycles. The highest BCUT2D eigenvalue weighted by atomic mass is 19.1.